The highest BCUT2D eigenvalue weighted by atomic mass is 28.4. The van der Waals surface area contributed by atoms with Crippen LogP contribution in [0.4, 0.5) is 0 Å². The van der Waals surface area contributed by atoms with Crippen LogP contribution in [0, 0.1) is 0 Å². The van der Waals surface area contributed by atoms with Crippen molar-refractivity contribution >= 4 is 8.72 Å². The summed E-state index contributed by atoms with van der Waals surface area (Å²) in [5.74, 6) is 0. The Morgan fingerprint density at radius 3 is 1.62 bits per heavy atom. The molecule has 0 N–H and O–H groups in total. The molecule has 0 aliphatic carbocycles. The lowest BCUT2D eigenvalue weighted by Crippen LogP contribution is -2.51. The van der Waals surface area contributed by atoms with Crippen LogP contribution in [-0.4, -0.2) is 27.2 Å². The molecule has 0 bridgehead atoms. The van der Waals surface area contributed by atoms with Crippen LogP contribution in [0.2, 0.25) is 5.54 Å². The number of aromatic nitrogens is 1. The summed E-state index contributed by atoms with van der Waals surface area (Å²) in [6.07, 6.45) is 0. The van der Waals surface area contributed by atoms with E-state index in [0.29, 0.717) is 0 Å². The zero-order valence-corrected chi connectivity index (χ0v) is 9.16. The number of rotatable bonds is 4. The zero-order chi connectivity index (χ0) is 10.2. The van der Waals surface area contributed by atoms with Gasteiger partial charge in [-0.2, -0.15) is 0 Å². The standard InChI is InChI=1S/C7H13NO4Si/c1-5(2)13(11-3,12-4)8-6(9)7(8)10/h5H,1-4H3. The van der Waals surface area contributed by atoms with Gasteiger partial charge in [0.2, 0.25) is 0 Å². The Morgan fingerprint density at radius 2 is 1.54 bits per heavy atom. The lowest BCUT2D eigenvalue weighted by Gasteiger charge is -2.26. The third-order valence-electron chi connectivity index (χ3n) is 2.17. The fourth-order valence-electron chi connectivity index (χ4n) is 1.41. The van der Waals surface area contributed by atoms with E-state index in [4.69, 9.17) is 8.85 Å². The quantitative estimate of drug-likeness (QED) is 0.492. The molecule has 0 radical (unpaired) electrons. The van der Waals surface area contributed by atoms with E-state index in [-0.39, 0.29) is 5.54 Å². The monoisotopic (exact) mass is 203 g/mol. The molecule has 0 atom stereocenters. The van der Waals surface area contributed by atoms with Crippen LogP contribution in [0.3, 0.4) is 0 Å². The first-order valence-corrected chi connectivity index (χ1v) is 5.84. The van der Waals surface area contributed by atoms with Gasteiger partial charge in [-0.15, -0.1) is 0 Å². The van der Waals surface area contributed by atoms with E-state index in [1.807, 2.05) is 13.8 Å². The van der Waals surface area contributed by atoms with Gasteiger partial charge < -0.3 is 8.85 Å². The Morgan fingerprint density at radius 1 is 1.15 bits per heavy atom. The van der Waals surface area contributed by atoms with E-state index in [2.05, 4.69) is 0 Å². The minimum absolute atomic E-state index is 0.0258. The second-order valence-corrected chi connectivity index (χ2v) is 6.82. The minimum Gasteiger partial charge on any atom is -0.381 e. The Bertz CT molecular complexity index is 334. The Kier molecular flexibility index (Phi) is 2.55. The predicted molar refractivity (Wildman–Crippen MR) is 49.6 cm³/mol. The van der Waals surface area contributed by atoms with Gasteiger partial charge in [-0.3, -0.25) is 9.59 Å². The molecule has 0 saturated carbocycles. The van der Waals surface area contributed by atoms with E-state index in [1.165, 1.54) is 14.2 Å². The third-order valence-corrected chi connectivity index (χ3v) is 5.82. The van der Waals surface area contributed by atoms with Crippen molar-refractivity contribution in [1.82, 2.24) is 4.23 Å². The van der Waals surface area contributed by atoms with E-state index in [0.717, 1.165) is 4.23 Å². The average molecular weight is 203 g/mol. The van der Waals surface area contributed by atoms with Gasteiger partial charge in [-0.1, -0.05) is 13.8 Å². The summed E-state index contributed by atoms with van der Waals surface area (Å²) in [6.45, 7) is 3.75. The summed E-state index contributed by atoms with van der Waals surface area (Å²) in [5.41, 5.74) is -0.967. The average Bonchev–Trinajstić information content (AvgIpc) is 2.66. The third kappa shape index (κ3) is 1.30. The van der Waals surface area contributed by atoms with Gasteiger partial charge in [0.05, 0.1) is 0 Å². The van der Waals surface area contributed by atoms with Gasteiger partial charge in [-0.05, 0) is 0 Å². The van der Waals surface area contributed by atoms with Crippen LogP contribution in [0.1, 0.15) is 13.8 Å². The van der Waals surface area contributed by atoms with Crippen molar-refractivity contribution in [3.8, 4) is 0 Å². The molecule has 1 heterocycles. The Balaban J connectivity index is 3.13. The SMILES string of the molecule is CO[Si](OC)(C(C)C)n1c(=O)c1=O. The lowest BCUT2D eigenvalue weighted by atomic mass is 10.6. The smallest absolute Gasteiger partial charge is 0.381 e. The fourth-order valence-corrected chi connectivity index (χ4v) is 4.11. The molecule has 0 aromatic carbocycles. The van der Waals surface area contributed by atoms with Crippen molar-refractivity contribution in [1.29, 1.82) is 0 Å². The molecule has 1 rings (SSSR count). The first kappa shape index (κ1) is 10.4. The summed E-state index contributed by atoms with van der Waals surface area (Å²) < 4.78 is 11.6. The molecule has 0 spiro atoms. The van der Waals surface area contributed by atoms with E-state index in [9.17, 15) is 9.59 Å². The van der Waals surface area contributed by atoms with Gasteiger partial charge in [0.25, 0.3) is 0 Å². The van der Waals surface area contributed by atoms with Crippen molar-refractivity contribution < 1.29 is 8.85 Å². The fraction of sp³-hybridized carbons (Fsp3) is 0.714. The molecule has 6 heteroatoms. The van der Waals surface area contributed by atoms with Crippen molar-refractivity contribution in [2.45, 2.75) is 19.4 Å². The first-order chi connectivity index (χ1) is 6.01. The molecular weight excluding hydrogens is 190 g/mol. The molecule has 0 saturated heterocycles. The van der Waals surface area contributed by atoms with Crippen molar-refractivity contribution in [3.05, 3.63) is 20.7 Å². The van der Waals surface area contributed by atoms with Gasteiger partial charge in [0.1, 0.15) is 0 Å². The van der Waals surface area contributed by atoms with Crippen LogP contribution in [0.15, 0.2) is 9.59 Å². The van der Waals surface area contributed by atoms with E-state index in [1.54, 1.807) is 0 Å². The van der Waals surface area contributed by atoms with Crippen LogP contribution in [-0.2, 0) is 8.85 Å². The molecule has 13 heavy (non-hydrogen) atoms. The lowest BCUT2D eigenvalue weighted by molar-refractivity contribution is 0.223. The van der Waals surface area contributed by atoms with Crippen LogP contribution >= 0.6 is 0 Å². The summed E-state index contributed by atoms with van der Waals surface area (Å²) >= 11 is 0. The highest BCUT2D eigenvalue weighted by Gasteiger charge is 2.50. The maximum atomic E-state index is 10.9. The first-order valence-electron chi connectivity index (χ1n) is 4.00. The highest BCUT2D eigenvalue weighted by Crippen LogP contribution is 2.21. The topological polar surface area (TPSA) is 57.5 Å². The van der Waals surface area contributed by atoms with Crippen LogP contribution < -0.4 is 11.1 Å². The predicted octanol–water partition coefficient (Wildman–Crippen LogP) is -0.426. The normalized spacial score (nSPS) is 13.0. The second kappa shape index (κ2) is 3.21. The summed E-state index contributed by atoms with van der Waals surface area (Å²) in [4.78, 5) is 21.9. The van der Waals surface area contributed by atoms with Crippen LogP contribution in [0.5, 0.6) is 0 Å². The Hall–Kier alpha value is -0.723. The minimum atomic E-state index is -2.78. The molecule has 0 amide bonds. The maximum absolute atomic E-state index is 10.9. The molecule has 74 valence electrons. The summed E-state index contributed by atoms with van der Waals surface area (Å²) in [7, 11) is 0.155. The van der Waals surface area contributed by atoms with Gasteiger partial charge >= 0.3 is 19.8 Å². The molecule has 5 nitrogen and oxygen atoms in total. The zero-order valence-electron chi connectivity index (χ0n) is 8.16. The van der Waals surface area contributed by atoms with Crippen molar-refractivity contribution in [2.75, 3.05) is 14.2 Å². The molecule has 0 aliphatic rings. The molecule has 0 aliphatic heterocycles. The maximum Gasteiger partial charge on any atom is 0.471 e. The van der Waals surface area contributed by atoms with E-state index < -0.39 is 19.8 Å². The molecule has 0 fully saturated rings. The van der Waals surface area contributed by atoms with Crippen molar-refractivity contribution in [2.24, 2.45) is 0 Å². The Labute approximate surface area is 76.9 Å². The van der Waals surface area contributed by atoms with Crippen molar-refractivity contribution in [3.63, 3.8) is 0 Å². The summed E-state index contributed by atoms with van der Waals surface area (Å²) in [6, 6.07) is 0. The highest BCUT2D eigenvalue weighted by molar-refractivity contribution is 6.67. The molecule has 1 aromatic heterocycles. The van der Waals surface area contributed by atoms with Gasteiger partial charge in [0, 0.05) is 19.8 Å². The summed E-state index contributed by atoms with van der Waals surface area (Å²) in [5, 5.41) is 0. The number of hydrogen-bond acceptors (Lipinski definition) is 4. The van der Waals surface area contributed by atoms with E-state index >= 15 is 0 Å². The van der Waals surface area contributed by atoms with Gasteiger partial charge in [0.15, 0.2) is 0 Å². The second-order valence-electron chi connectivity index (χ2n) is 3.14. The molecular formula is C7H13NO4Si. The van der Waals surface area contributed by atoms with Gasteiger partial charge in [-0.25, -0.2) is 4.23 Å². The largest absolute Gasteiger partial charge is 0.471 e. The molecule has 1 aromatic rings. The number of hydrogen-bond donors (Lipinski definition) is 0. The number of nitrogens with zero attached hydrogens (tertiary/aromatic N) is 1. The van der Waals surface area contributed by atoms with Crippen LogP contribution in [0.25, 0.3) is 0 Å². The molecule has 0 unspecified atom stereocenters.